The van der Waals surface area contributed by atoms with Crippen LogP contribution in [0.3, 0.4) is 0 Å². The summed E-state index contributed by atoms with van der Waals surface area (Å²) in [6.07, 6.45) is 2.93. The van der Waals surface area contributed by atoms with Gasteiger partial charge in [0.05, 0.1) is 5.41 Å². The molecule has 1 aliphatic rings. The van der Waals surface area contributed by atoms with E-state index in [-0.39, 0.29) is 11.4 Å². The molecular weight excluding hydrogens is 212 g/mol. The smallest absolute Gasteiger partial charge is 0.317 e. The van der Waals surface area contributed by atoms with Gasteiger partial charge in [0.2, 0.25) is 0 Å². The molecule has 0 saturated heterocycles. The van der Waals surface area contributed by atoms with Gasteiger partial charge in [-0.15, -0.1) is 0 Å². The molecule has 0 aliphatic heterocycles. The maximum atomic E-state index is 11.8. The fraction of sp³-hybridized carbons (Fsp3) is 0.533. The van der Waals surface area contributed by atoms with E-state index in [2.05, 4.69) is 19.9 Å². The number of hydrogen-bond donors (Lipinski definition) is 0. The van der Waals surface area contributed by atoms with E-state index < -0.39 is 0 Å². The van der Waals surface area contributed by atoms with Crippen molar-refractivity contribution in [2.24, 2.45) is 11.3 Å². The molecule has 0 amide bonds. The predicted molar refractivity (Wildman–Crippen MR) is 68.0 cm³/mol. The van der Waals surface area contributed by atoms with Gasteiger partial charge in [0, 0.05) is 0 Å². The molecule has 1 aliphatic carbocycles. The van der Waals surface area contributed by atoms with Crippen LogP contribution in [-0.4, -0.2) is 5.97 Å². The van der Waals surface area contributed by atoms with E-state index in [1.165, 1.54) is 5.56 Å². The Kier molecular flexibility index (Phi) is 3.23. The van der Waals surface area contributed by atoms with E-state index in [4.69, 9.17) is 4.74 Å². The van der Waals surface area contributed by atoms with Crippen molar-refractivity contribution in [1.82, 2.24) is 0 Å². The summed E-state index contributed by atoms with van der Waals surface area (Å²) < 4.78 is 5.42. The first-order valence-corrected chi connectivity index (χ1v) is 6.31. The van der Waals surface area contributed by atoms with Gasteiger partial charge < -0.3 is 4.74 Å². The minimum absolute atomic E-state index is 0.0841. The number of carbonyl (C=O) groups is 1. The highest BCUT2D eigenvalue weighted by Gasteiger charge is 2.46. The molecular formula is C15H20O2. The third kappa shape index (κ3) is 3.09. The first kappa shape index (κ1) is 12.2. The summed E-state index contributed by atoms with van der Waals surface area (Å²) in [5, 5.41) is 0. The summed E-state index contributed by atoms with van der Waals surface area (Å²) in [5.74, 6) is 1.21. The van der Waals surface area contributed by atoms with Gasteiger partial charge >= 0.3 is 5.97 Å². The molecule has 2 rings (SSSR count). The Bertz CT molecular complexity index is 417. The van der Waals surface area contributed by atoms with Crippen LogP contribution in [0.4, 0.5) is 0 Å². The Morgan fingerprint density at radius 3 is 2.71 bits per heavy atom. The molecule has 1 fully saturated rings. The number of hydrogen-bond acceptors (Lipinski definition) is 2. The van der Waals surface area contributed by atoms with Crippen molar-refractivity contribution < 1.29 is 9.53 Å². The molecule has 0 radical (unpaired) electrons. The van der Waals surface area contributed by atoms with Crippen molar-refractivity contribution >= 4 is 5.97 Å². The van der Waals surface area contributed by atoms with Crippen molar-refractivity contribution in [2.75, 3.05) is 0 Å². The molecule has 1 aromatic carbocycles. The molecule has 0 N–H and O–H groups in total. The lowest BCUT2D eigenvalue weighted by molar-refractivity contribution is -0.139. The van der Waals surface area contributed by atoms with Crippen LogP contribution < -0.4 is 4.74 Å². The largest absolute Gasteiger partial charge is 0.426 e. The Balaban J connectivity index is 2.03. The highest BCUT2D eigenvalue weighted by Crippen LogP contribution is 2.46. The third-order valence-electron chi connectivity index (χ3n) is 3.25. The van der Waals surface area contributed by atoms with Crippen LogP contribution in [0.5, 0.6) is 5.75 Å². The van der Waals surface area contributed by atoms with Crippen LogP contribution in [0.2, 0.25) is 0 Å². The Hall–Kier alpha value is -1.31. The number of benzene rings is 1. The average molecular weight is 232 g/mol. The van der Waals surface area contributed by atoms with Crippen molar-refractivity contribution in [3.8, 4) is 5.75 Å². The first-order chi connectivity index (χ1) is 7.99. The van der Waals surface area contributed by atoms with Gasteiger partial charge in [0.25, 0.3) is 0 Å². The number of esters is 1. The number of rotatable bonds is 4. The van der Waals surface area contributed by atoms with Crippen molar-refractivity contribution in [2.45, 2.75) is 40.0 Å². The molecule has 1 saturated carbocycles. The summed E-state index contributed by atoms with van der Waals surface area (Å²) in [7, 11) is 0. The average Bonchev–Trinajstić information content (AvgIpc) is 2.97. The van der Waals surface area contributed by atoms with Crippen LogP contribution in [-0.2, 0) is 11.2 Å². The van der Waals surface area contributed by atoms with E-state index in [0.717, 1.165) is 19.3 Å². The maximum Gasteiger partial charge on any atom is 0.317 e. The van der Waals surface area contributed by atoms with E-state index in [0.29, 0.717) is 11.7 Å². The molecule has 2 nitrogen and oxygen atoms in total. The summed E-state index contributed by atoms with van der Waals surface area (Å²) in [5.41, 5.74) is 1.01. The molecule has 0 spiro atoms. The zero-order valence-corrected chi connectivity index (χ0v) is 10.8. The standard InChI is InChI=1S/C15H20O2/c1-11(2)9-12-5-4-6-13(10-12)17-14(16)15(3)7-8-15/h4-6,10-11H,7-9H2,1-3H3. The van der Waals surface area contributed by atoms with Gasteiger partial charge in [-0.25, -0.2) is 0 Å². The third-order valence-corrected chi connectivity index (χ3v) is 3.25. The zero-order chi connectivity index (χ0) is 12.5. The molecule has 17 heavy (non-hydrogen) atoms. The van der Waals surface area contributed by atoms with E-state index in [1.807, 2.05) is 25.1 Å². The SMILES string of the molecule is CC(C)Cc1cccc(OC(=O)C2(C)CC2)c1. The van der Waals surface area contributed by atoms with Gasteiger partial charge in [-0.3, -0.25) is 4.79 Å². The van der Waals surface area contributed by atoms with E-state index >= 15 is 0 Å². The first-order valence-electron chi connectivity index (χ1n) is 6.31. The second kappa shape index (κ2) is 4.52. The predicted octanol–water partition coefficient (Wildman–Crippen LogP) is 3.59. The van der Waals surface area contributed by atoms with Gasteiger partial charge in [-0.1, -0.05) is 26.0 Å². The molecule has 0 aromatic heterocycles. The van der Waals surface area contributed by atoms with E-state index in [1.54, 1.807) is 0 Å². The second-order valence-corrected chi connectivity index (χ2v) is 5.70. The molecule has 0 unspecified atom stereocenters. The second-order valence-electron chi connectivity index (χ2n) is 5.70. The highest BCUT2D eigenvalue weighted by atomic mass is 16.5. The van der Waals surface area contributed by atoms with Crippen molar-refractivity contribution in [3.63, 3.8) is 0 Å². The van der Waals surface area contributed by atoms with Crippen molar-refractivity contribution in [1.29, 1.82) is 0 Å². The number of ether oxygens (including phenoxy) is 1. The van der Waals surface area contributed by atoms with Crippen LogP contribution in [0, 0.1) is 11.3 Å². The Labute approximate surface area is 103 Å². The number of carbonyl (C=O) groups excluding carboxylic acids is 1. The molecule has 92 valence electrons. The Morgan fingerprint density at radius 1 is 1.41 bits per heavy atom. The molecule has 0 heterocycles. The fourth-order valence-electron chi connectivity index (χ4n) is 1.83. The van der Waals surface area contributed by atoms with Gasteiger partial charge in [0.1, 0.15) is 5.75 Å². The minimum atomic E-state index is -0.214. The quantitative estimate of drug-likeness (QED) is 0.585. The maximum absolute atomic E-state index is 11.8. The lowest BCUT2D eigenvalue weighted by atomic mass is 10.0. The lowest BCUT2D eigenvalue weighted by Gasteiger charge is -2.10. The Morgan fingerprint density at radius 2 is 2.12 bits per heavy atom. The van der Waals surface area contributed by atoms with Gasteiger partial charge in [0.15, 0.2) is 0 Å². The van der Waals surface area contributed by atoms with Crippen LogP contribution >= 0.6 is 0 Å². The van der Waals surface area contributed by atoms with Crippen LogP contribution in [0.1, 0.15) is 39.2 Å². The van der Waals surface area contributed by atoms with Crippen LogP contribution in [0.15, 0.2) is 24.3 Å². The van der Waals surface area contributed by atoms with Gasteiger partial charge in [-0.05, 0) is 49.8 Å². The minimum Gasteiger partial charge on any atom is -0.426 e. The molecule has 0 bridgehead atoms. The lowest BCUT2D eigenvalue weighted by Crippen LogP contribution is -2.18. The highest BCUT2D eigenvalue weighted by molar-refractivity contribution is 5.81. The monoisotopic (exact) mass is 232 g/mol. The summed E-state index contributed by atoms with van der Waals surface area (Å²) in [6, 6.07) is 7.86. The van der Waals surface area contributed by atoms with Crippen LogP contribution in [0.25, 0.3) is 0 Å². The van der Waals surface area contributed by atoms with E-state index in [9.17, 15) is 4.79 Å². The van der Waals surface area contributed by atoms with Crippen molar-refractivity contribution in [3.05, 3.63) is 29.8 Å². The summed E-state index contributed by atoms with van der Waals surface area (Å²) in [4.78, 5) is 11.8. The summed E-state index contributed by atoms with van der Waals surface area (Å²) in [6.45, 7) is 6.33. The summed E-state index contributed by atoms with van der Waals surface area (Å²) >= 11 is 0. The van der Waals surface area contributed by atoms with Gasteiger partial charge in [-0.2, -0.15) is 0 Å². The molecule has 2 heteroatoms. The molecule has 1 aromatic rings. The normalized spacial score (nSPS) is 16.9. The fourth-order valence-corrected chi connectivity index (χ4v) is 1.83. The zero-order valence-electron chi connectivity index (χ0n) is 10.8. The topological polar surface area (TPSA) is 26.3 Å². The molecule has 0 atom stereocenters.